The van der Waals surface area contributed by atoms with Crippen LogP contribution in [-0.4, -0.2) is 26.1 Å². The van der Waals surface area contributed by atoms with Gasteiger partial charge in [-0.3, -0.25) is 0 Å². The molecule has 0 atom stereocenters. The normalized spacial score (nSPS) is 11.0. The van der Waals surface area contributed by atoms with Crippen molar-refractivity contribution in [2.24, 2.45) is 12.9 Å². The van der Waals surface area contributed by atoms with Gasteiger partial charge in [0.2, 0.25) is 0 Å². The fourth-order valence-electron chi connectivity index (χ4n) is 2.03. The summed E-state index contributed by atoms with van der Waals surface area (Å²) in [6.07, 6.45) is 4.58. The molecule has 2 heterocycles. The maximum absolute atomic E-state index is 5.53. The molecule has 0 unspecified atom stereocenters. The lowest BCUT2D eigenvalue weighted by Crippen LogP contribution is -2.17. The van der Waals surface area contributed by atoms with Gasteiger partial charge in [0.15, 0.2) is 0 Å². The zero-order chi connectivity index (χ0) is 15.4. The maximum Gasteiger partial charge on any atom is 0.148 e. The standard InChI is InChI=1S/C14H23N7/c1-9(2)12-18-13(10(3)14(19-12)20-15)17-6-5-11-16-7-8-21(11)4/h7-9H,5-6,15H2,1-4H3,(H2,17,18,19,20). The van der Waals surface area contributed by atoms with Crippen molar-refractivity contribution in [2.75, 3.05) is 17.3 Å². The summed E-state index contributed by atoms with van der Waals surface area (Å²) in [6.45, 7) is 6.82. The Bertz CT molecular complexity index is 603. The molecule has 7 nitrogen and oxygen atoms in total. The van der Waals surface area contributed by atoms with E-state index in [1.54, 1.807) is 6.20 Å². The second-order valence-electron chi connectivity index (χ2n) is 5.33. The molecule has 4 N–H and O–H groups in total. The average Bonchev–Trinajstić information content (AvgIpc) is 2.86. The number of aromatic nitrogens is 4. The summed E-state index contributed by atoms with van der Waals surface area (Å²) < 4.78 is 2.01. The molecule has 0 aliphatic rings. The highest BCUT2D eigenvalue weighted by molar-refractivity contribution is 5.56. The molecule has 0 saturated heterocycles. The Morgan fingerprint density at radius 1 is 1.29 bits per heavy atom. The van der Waals surface area contributed by atoms with Crippen molar-refractivity contribution in [1.82, 2.24) is 19.5 Å². The monoisotopic (exact) mass is 289 g/mol. The molecule has 0 spiro atoms. The van der Waals surface area contributed by atoms with Crippen LogP contribution in [0.2, 0.25) is 0 Å². The molecule has 0 saturated carbocycles. The van der Waals surface area contributed by atoms with E-state index in [4.69, 9.17) is 5.84 Å². The Labute approximate surface area is 125 Å². The molecule has 2 aromatic rings. The third kappa shape index (κ3) is 3.49. The summed E-state index contributed by atoms with van der Waals surface area (Å²) in [4.78, 5) is 13.3. The smallest absolute Gasteiger partial charge is 0.148 e. The van der Waals surface area contributed by atoms with Crippen molar-refractivity contribution in [2.45, 2.75) is 33.1 Å². The van der Waals surface area contributed by atoms with Crippen molar-refractivity contribution in [3.05, 3.63) is 29.6 Å². The Kier molecular flexibility index (Phi) is 4.74. The molecule has 0 aliphatic heterocycles. The zero-order valence-electron chi connectivity index (χ0n) is 13.0. The number of hydrogen-bond donors (Lipinski definition) is 3. The Morgan fingerprint density at radius 2 is 2.00 bits per heavy atom. The molecule has 114 valence electrons. The van der Waals surface area contributed by atoms with Crippen molar-refractivity contribution < 1.29 is 0 Å². The fraction of sp³-hybridized carbons (Fsp3) is 0.500. The van der Waals surface area contributed by atoms with Crippen LogP contribution in [0.5, 0.6) is 0 Å². The number of rotatable bonds is 6. The van der Waals surface area contributed by atoms with Gasteiger partial charge in [-0.1, -0.05) is 13.8 Å². The van der Waals surface area contributed by atoms with Crippen LogP contribution in [0.15, 0.2) is 12.4 Å². The summed E-state index contributed by atoms with van der Waals surface area (Å²) in [6, 6.07) is 0. The number of anilines is 2. The Balaban J connectivity index is 2.11. The minimum atomic E-state index is 0.243. The predicted octanol–water partition coefficient (Wildman–Crippen LogP) is 1.58. The highest BCUT2D eigenvalue weighted by Gasteiger charge is 2.12. The molecular formula is C14H23N7. The molecule has 21 heavy (non-hydrogen) atoms. The summed E-state index contributed by atoms with van der Waals surface area (Å²) in [5.41, 5.74) is 3.55. The number of nitrogens with two attached hydrogens (primary N) is 1. The predicted molar refractivity (Wildman–Crippen MR) is 84.1 cm³/mol. The maximum atomic E-state index is 5.53. The summed E-state index contributed by atoms with van der Waals surface area (Å²) >= 11 is 0. The van der Waals surface area contributed by atoms with Crippen molar-refractivity contribution in [1.29, 1.82) is 0 Å². The van der Waals surface area contributed by atoms with Crippen molar-refractivity contribution >= 4 is 11.6 Å². The number of aryl methyl sites for hydroxylation is 1. The lowest BCUT2D eigenvalue weighted by Gasteiger charge is -2.15. The zero-order valence-corrected chi connectivity index (χ0v) is 13.0. The summed E-state index contributed by atoms with van der Waals surface area (Å²) in [7, 11) is 1.99. The molecule has 0 radical (unpaired) electrons. The third-order valence-corrected chi connectivity index (χ3v) is 3.38. The van der Waals surface area contributed by atoms with Gasteiger partial charge in [0.1, 0.15) is 23.3 Å². The summed E-state index contributed by atoms with van der Waals surface area (Å²) in [5, 5.41) is 3.35. The average molecular weight is 289 g/mol. The van der Waals surface area contributed by atoms with E-state index < -0.39 is 0 Å². The number of imidazole rings is 1. The first-order valence-corrected chi connectivity index (χ1v) is 7.08. The first kappa shape index (κ1) is 15.2. The highest BCUT2D eigenvalue weighted by Crippen LogP contribution is 2.22. The molecule has 0 bridgehead atoms. The second kappa shape index (κ2) is 6.53. The molecule has 0 fully saturated rings. The SMILES string of the molecule is Cc1c(NN)nc(C(C)C)nc1NCCc1nccn1C. The van der Waals surface area contributed by atoms with Gasteiger partial charge in [-0.25, -0.2) is 20.8 Å². The number of nitrogen functional groups attached to an aromatic ring is 1. The van der Waals surface area contributed by atoms with Crippen LogP contribution in [-0.2, 0) is 13.5 Å². The van der Waals surface area contributed by atoms with Gasteiger partial charge in [0.25, 0.3) is 0 Å². The van der Waals surface area contributed by atoms with Crippen LogP contribution in [0, 0.1) is 6.92 Å². The van der Waals surface area contributed by atoms with E-state index in [0.717, 1.165) is 36.0 Å². The molecule has 0 aliphatic carbocycles. The van der Waals surface area contributed by atoms with Gasteiger partial charge in [-0.2, -0.15) is 0 Å². The van der Waals surface area contributed by atoms with E-state index in [9.17, 15) is 0 Å². The third-order valence-electron chi connectivity index (χ3n) is 3.38. The van der Waals surface area contributed by atoms with E-state index >= 15 is 0 Å². The lowest BCUT2D eigenvalue weighted by atomic mass is 10.2. The number of nitrogens with zero attached hydrogens (tertiary/aromatic N) is 4. The fourth-order valence-corrected chi connectivity index (χ4v) is 2.03. The van der Waals surface area contributed by atoms with Crippen LogP contribution in [0.4, 0.5) is 11.6 Å². The largest absolute Gasteiger partial charge is 0.369 e. The molecule has 0 amide bonds. The van der Waals surface area contributed by atoms with Gasteiger partial charge < -0.3 is 15.3 Å². The minimum absolute atomic E-state index is 0.243. The quantitative estimate of drug-likeness (QED) is 0.552. The van der Waals surface area contributed by atoms with Crippen LogP contribution in [0.3, 0.4) is 0 Å². The van der Waals surface area contributed by atoms with Gasteiger partial charge in [0, 0.05) is 43.9 Å². The van der Waals surface area contributed by atoms with Gasteiger partial charge in [-0.15, -0.1) is 0 Å². The van der Waals surface area contributed by atoms with Crippen LogP contribution < -0.4 is 16.6 Å². The van der Waals surface area contributed by atoms with E-state index in [1.807, 2.05) is 24.7 Å². The lowest BCUT2D eigenvalue weighted by molar-refractivity contribution is 0.765. The first-order chi connectivity index (χ1) is 10.0. The van der Waals surface area contributed by atoms with Crippen molar-refractivity contribution in [3.8, 4) is 0 Å². The Hall–Kier alpha value is -2.15. The number of nitrogens with one attached hydrogen (secondary N) is 2. The summed E-state index contributed by atoms with van der Waals surface area (Å²) in [5.74, 6) is 9.06. The van der Waals surface area contributed by atoms with E-state index in [1.165, 1.54) is 0 Å². The Morgan fingerprint density at radius 3 is 2.57 bits per heavy atom. The van der Waals surface area contributed by atoms with E-state index in [0.29, 0.717) is 5.82 Å². The van der Waals surface area contributed by atoms with Gasteiger partial charge >= 0.3 is 0 Å². The van der Waals surface area contributed by atoms with Gasteiger partial charge in [0.05, 0.1) is 0 Å². The van der Waals surface area contributed by atoms with E-state index in [-0.39, 0.29) is 5.92 Å². The van der Waals surface area contributed by atoms with E-state index in [2.05, 4.69) is 39.5 Å². The van der Waals surface area contributed by atoms with Crippen molar-refractivity contribution in [3.63, 3.8) is 0 Å². The minimum Gasteiger partial charge on any atom is -0.369 e. The van der Waals surface area contributed by atoms with Gasteiger partial charge in [-0.05, 0) is 6.92 Å². The molecule has 7 heteroatoms. The highest BCUT2D eigenvalue weighted by atomic mass is 15.3. The number of hydrogen-bond acceptors (Lipinski definition) is 6. The molecular weight excluding hydrogens is 266 g/mol. The number of hydrazine groups is 1. The molecule has 2 aromatic heterocycles. The second-order valence-corrected chi connectivity index (χ2v) is 5.33. The van der Waals surface area contributed by atoms with Crippen LogP contribution in [0.25, 0.3) is 0 Å². The van der Waals surface area contributed by atoms with Crippen LogP contribution >= 0.6 is 0 Å². The molecule has 0 aromatic carbocycles. The van der Waals surface area contributed by atoms with Crippen LogP contribution in [0.1, 0.15) is 37.0 Å². The first-order valence-electron chi connectivity index (χ1n) is 7.08. The molecule has 2 rings (SSSR count). The topological polar surface area (TPSA) is 93.7 Å².